The molecule has 3 atom stereocenters. The molecule has 1 saturated heterocycles. The predicted molar refractivity (Wildman–Crippen MR) is 67.4 cm³/mol. The van der Waals surface area contributed by atoms with Crippen molar-refractivity contribution in [2.24, 2.45) is 5.92 Å². The normalized spacial score (nSPS) is 36.1. The fraction of sp³-hybridized carbons (Fsp3) is 0.929. The van der Waals surface area contributed by atoms with E-state index in [1.54, 1.807) is 0 Å². The Balaban J connectivity index is 2.08. The minimum atomic E-state index is 0.191. The van der Waals surface area contributed by atoms with Crippen LogP contribution in [0.3, 0.4) is 0 Å². The van der Waals surface area contributed by atoms with Crippen LogP contribution < -0.4 is 0 Å². The molecule has 3 nitrogen and oxygen atoms in total. The minimum Gasteiger partial charge on any atom is -0.395 e. The van der Waals surface area contributed by atoms with Crippen molar-refractivity contribution in [1.29, 1.82) is 5.26 Å². The first-order valence-electron chi connectivity index (χ1n) is 7.13. The summed E-state index contributed by atoms with van der Waals surface area (Å²) >= 11 is 0. The molecule has 3 heteroatoms. The van der Waals surface area contributed by atoms with Gasteiger partial charge >= 0.3 is 0 Å². The molecule has 0 amide bonds. The molecule has 0 bridgehead atoms. The van der Waals surface area contributed by atoms with E-state index in [0.29, 0.717) is 12.1 Å². The van der Waals surface area contributed by atoms with Crippen molar-refractivity contribution in [3.63, 3.8) is 0 Å². The molecule has 2 aliphatic rings. The summed E-state index contributed by atoms with van der Waals surface area (Å²) in [7, 11) is 0. The van der Waals surface area contributed by atoms with Gasteiger partial charge in [-0.1, -0.05) is 25.7 Å². The molecule has 1 heterocycles. The van der Waals surface area contributed by atoms with Crippen molar-refractivity contribution in [3.8, 4) is 6.07 Å². The van der Waals surface area contributed by atoms with E-state index in [-0.39, 0.29) is 12.5 Å². The Labute approximate surface area is 104 Å². The van der Waals surface area contributed by atoms with E-state index < -0.39 is 0 Å². The van der Waals surface area contributed by atoms with Gasteiger partial charge in [-0.25, -0.2) is 0 Å². The van der Waals surface area contributed by atoms with Crippen LogP contribution in [0.15, 0.2) is 0 Å². The molecular weight excluding hydrogens is 212 g/mol. The highest BCUT2D eigenvalue weighted by atomic mass is 16.3. The number of likely N-dealkylation sites (tertiary alicyclic amines) is 1. The SMILES string of the molecule is N#CC1CCCCC1N1CCCCCC1CO. The van der Waals surface area contributed by atoms with Crippen LogP contribution in [0.25, 0.3) is 0 Å². The standard InChI is InChI=1S/C14H24N2O/c15-10-12-6-3-4-8-14(12)16-9-5-1-2-7-13(16)11-17/h12-14,17H,1-9,11H2. The zero-order valence-electron chi connectivity index (χ0n) is 10.6. The molecule has 1 aliphatic heterocycles. The lowest BCUT2D eigenvalue weighted by atomic mass is 9.83. The van der Waals surface area contributed by atoms with E-state index >= 15 is 0 Å². The third-order valence-corrected chi connectivity index (χ3v) is 4.45. The lowest BCUT2D eigenvalue weighted by Crippen LogP contribution is -2.49. The largest absolute Gasteiger partial charge is 0.395 e. The van der Waals surface area contributed by atoms with Crippen LogP contribution in [0.1, 0.15) is 51.4 Å². The van der Waals surface area contributed by atoms with Crippen LogP contribution in [-0.4, -0.2) is 35.2 Å². The van der Waals surface area contributed by atoms with Gasteiger partial charge in [0.25, 0.3) is 0 Å². The van der Waals surface area contributed by atoms with Crippen LogP contribution in [0.4, 0.5) is 0 Å². The lowest BCUT2D eigenvalue weighted by Gasteiger charge is -2.40. The maximum absolute atomic E-state index is 9.55. The molecule has 2 fully saturated rings. The molecule has 0 radical (unpaired) electrons. The number of hydrogen-bond donors (Lipinski definition) is 1. The summed E-state index contributed by atoms with van der Waals surface area (Å²) in [6.45, 7) is 1.34. The smallest absolute Gasteiger partial charge is 0.0672 e. The Bertz CT molecular complexity index is 274. The highest BCUT2D eigenvalue weighted by Gasteiger charge is 2.34. The van der Waals surface area contributed by atoms with E-state index in [1.807, 2.05) is 0 Å². The highest BCUT2D eigenvalue weighted by molar-refractivity contribution is 4.97. The van der Waals surface area contributed by atoms with Gasteiger partial charge in [0.15, 0.2) is 0 Å². The molecule has 3 unspecified atom stereocenters. The molecular formula is C14H24N2O. The molecule has 0 aromatic rings. The topological polar surface area (TPSA) is 47.3 Å². The number of hydrogen-bond acceptors (Lipinski definition) is 3. The fourth-order valence-electron chi connectivity index (χ4n) is 3.49. The number of aliphatic hydroxyl groups is 1. The molecule has 0 spiro atoms. The molecule has 0 aromatic heterocycles. The zero-order chi connectivity index (χ0) is 12.1. The first-order valence-corrected chi connectivity index (χ1v) is 7.13. The number of nitriles is 1. The second-order valence-corrected chi connectivity index (χ2v) is 5.51. The Morgan fingerprint density at radius 1 is 1.06 bits per heavy atom. The summed E-state index contributed by atoms with van der Waals surface area (Å²) in [6, 6.07) is 3.20. The zero-order valence-corrected chi connectivity index (χ0v) is 10.6. The van der Waals surface area contributed by atoms with Gasteiger partial charge in [-0.2, -0.15) is 5.26 Å². The number of rotatable bonds is 2. The van der Waals surface area contributed by atoms with Crippen molar-refractivity contribution in [3.05, 3.63) is 0 Å². The Morgan fingerprint density at radius 2 is 1.82 bits per heavy atom. The van der Waals surface area contributed by atoms with Crippen LogP contribution in [0, 0.1) is 17.2 Å². The first-order chi connectivity index (χ1) is 8.36. The summed E-state index contributed by atoms with van der Waals surface area (Å²) in [5, 5.41) is 18.8. The Kier molecular flexibility index (Phi) is 4.82. The second kappa shape index (κ2) is 6.37. The van der Waals surface area contributed by atoms with Crippen molar-refractivity contribution in [2.75, 3.05) is 13.2 Å². The molecule has 1 N–H and O–H groups in total. The average molecular weight is 236 g/mol. The summed E-state index contributed by atoms with van der Waals surface area (Å²) in [4.78, 5) is 2.46. The van der Waals surface area contributed by atoms with Crippen molar-refractivity contribution >= 4 is 0 Å². The fourth-order valence-corrected chi connectivity index (χ4v) is 3.49. The van der Waals surface area contributed by atoms with Crippen molar-refractivity contribution < 1.29 is 5.11 Å². The van der Waals surface area contributed by atoms with E-state index in [0.717, 1.165) is 25.8 Å². The molecule has 1 aliphatic carbocycles. The maximum atomic E-state index is 9.55. The molecule has 2 rings (SSSR count). The molecule has 0 aromatic carbocycles. The summed E-state index contributed by atoms with van der Waals surface area (Å²) in [6.07, 6.45) is 9.48. The van der Waals surface area contributed by atoms with Gasteiger partial charge in [0.2, 0.25) is 0 Å². The predicted octanol–water partition coefficient (Wildman–Crippen LogP) is 2.31. The van der Waals surface area contributed by atoms with E-state index in [4.69, 9.17) is 0 Å². The Morgan fingerprint density at radius 3 is 2.59 bits per heavy atom. The van der Waals surface area contributed by atoms with Crippen LogP contribution in [0.2, 0.25) is 0 Å². The average Bonchev–Trinajstić information content (AvgIpc) is 2.63. The number of aliphatic hydroxyl groups excluding tert-OH is 1. The molecule has 96 valence electrons. The van der Waals surface area contributed by atoms with Gasteiger partial charge < -0.3 is 5.11 Å². The summed E-state index contributed by atoms with van der Waals surface area (Å²) in [5.74, 6) is 0.191. The minimum absolute atomic E-state index is 0.191. The third kappa shape index (κ3) is 3.00. The van der Waals surface area contributed by atoms with E-state index in [2.05, 4.69) is 11.0 Å². The van der Waals surface area contributed by atoms with Gasteiger partial charge in [0.05, 0.1) is 18.6 Å². The lowest BCUT2D eigenvalue weighted by molar-refractivity contribution is 0.0507. The summed E-state index contributed by atoms with van der Waals surface area (Å²) in [5.41, 5.74) is 0. The Hall–Kier alpha value is -0.590. The van der Waals surface area contributed by atoms with E-state index in [9.17, 15) is 10.4 Å². The van der Waals surface area contributed by atoms with Crippen LogP contribution >= 0.6 is 0 Å². The maximum Gasteiger partial charge on any atom is 0.0672 e. The van der Waals surface area contributed by atoms with Gasteiger partial charge in [-0.15, -0.1) is 0 Å². The monoisotopic (exact) mass is 236 g/mol. The van der Waals surface area contributed by atoms with Crippen LogP contribution in [-0.2, 0) is 0 Å². The van der Waals surface area contributed by atoms with E-state index in [1.165, 1.54) is 32.1 Å². The first kappa shape index (κ1) is 12.9. The quantitative estimate of drug-likeness (QED) is 0.800. The van der Waals surface area contributed by atoms with Crippen molar-refractivity contribution in [1.82, 2.24) is 4.90 Å². The van der Waals surface area contributed by atoms with Gasteiger partial charge in [-0.3, -0.25) is 4.90 Å². The molecule has 17 heavy (non-hydrogen) atoms. The van der Waals surface area contributed by atoms with Crippen LogP contribution in [0.5, 0.6) is 0 Å². The number of nitrogens with zero attached hydrogens (tertiary/aromatic N) is 2. The van der Waals surface area contributed by atoms with Gasteiger partial charge in [-0.05, 0) is 32.2 Å². The van der Waals surface area contributed by atoms with Gasteiger partial charge in [0, 0.05) is 12.1 Å². The van der Waals surface area contributed by atoms with Crippen molar-refractivity contribution in [2.45, 2.75) is 63.5 Å². The summed E-state index contributed by atoms with van der Waals surface area (Å²) < 4.78 is 0. The second-order valence-electron chi connectivity index (χ2n) is 5.51. The molecule has 1 saturated carbocycles. The van der Waals surface area contributed by atoms with Gasteiger partial charge in [0.1, 0.15) is 0 Å². The highest BCUT2D eigenvalue weighted by Crippen LogP contribution is 2.31. The third-order valence-electron chi connectivity index (χ3n) is 4.45.